The molecule has 1 heterocycles. The molecule has 0 aliphatic rings. The van der Waals surface area contributed by atoms with E-state index >= 15 is 0 Å². The number of hydrogen-bond acceptors (Lipinski definition) is 2. The lowest BCUT2D eigenvalue weighted by atomic mass is 9.94. The van der Waals surface area contributed by atoms with Gasteiger partial charge in [0.25, 0.3) is 0 Å². The molecule has 84 valence electrons. The molecule has 1 nitrogen and oxygen atoms in total. The first-order valence-corrected chi connectivity index (χ1v) is 6.91. The van der Waals surface area contributed by atoms with E-state index in [4.69, 9.17) is 0 Å². The zero-order valence-electron chi connectivity index (χ0n) is 8.77. The summed E-state index contributed by atoms with van der Waals surface area (Å²) in [6.07, 6.45) is 0.891. The highest BCUT2D eigenvalue weighted by Gasteiger charge is 2.13. The number of aliphatic hydroxyl groups is 1. The normalized spacial score (nSPS) is 12.6. The van der Waals surface area contributed by atoms with Gasteiger partial charge in [-0.2, -0.15) is 11.3 Å². The Balaban J connectivity index is 2.20. The molecule has 0 saturated heterocycles. The standard InChI is InChI=1S/C13H13BrOS/c14-13-4-2-1-3-12(13)11(8-15)7-10-5-6-16-9-10/h1-6,9,11,15H,7-8H2. The van der Waals surface area contributed by atoms with Crippen LogP contribution in [0.1, 0.15) is 17.0 Å². The number of thiophene rings is 1. The molecule has 0 aliphatic heterocycles. The summed E-state index contributed by atoms with van der Waals surface area (Å²) in [5.41, 5.74) is 2.47. The zero-order valence-corrected chi connectivity index (χ0v) is 11.2. The number of aliphatic hydroxyl groups excluding tert-OH is 1. The van der Waals surface area contributed by atoms with Crippen molar-refractivity contribution in [1.29, 1.82) is 0 Å². The molecule has 0 spiro atoms. The summed E-state index contributed by atoms with van der Waals surface area (Å²) in [5, 5.41) is 13.7. The largest absolute Gasteiger partial charge is 0.396 e. The minimum Gasteiger partial charge on any atom is -0.396 e. The van der Waals surface area contributed by atoms with Crippen molar-refractivity contribution in [3.63, 3.8) is 0 Å². The highest BCUT2D eigenvalue weighted by atomic mass is 79.9. The maximum Gasteiger partial charge on any atom is 0.0503 e. The van der Waals surface area contributed by atoms with Gasteiger partial charge in [-0.05, 0) is 40.4 Å². The SMILES string of the molecule is OCC(Cc1ccsc1)c1ccccc1Br. The third-order valence-corrected chi connectivity index (χ3v) is 4.08. The molecule has 3 heteroatoms. The van der Waals surface area contributed by atoms with Crippen molar-refractivity contribution in [2.24, 2.45) is 0 Å². The Labute approximate surface area is 108 Å². The molecule has 2 rings (SSSR count). The van der Waals surface area contributed by atoms with Gasteiger partial charge < -0.3 is 5.11 Å². The van der Waals surface area contributed by atoms with Crippen LogP contribution >= 0.6 is 27.3 Å². The molecule has 1 aromatic heterocycles. The molecular formula is C13H13BrOS. The fourth-order valence-corrected chi connectivity index (χ4v) is 3.06. The van der Waals surface area contributed by atoms with Crippen molar-refractivity contribution >= 4 is 27.3 Å². The van der Waals surface area contributed by atoms with Crippen LogP contribution in [-0.4, -0.2) is 11.7 Å². The van der Waals surface area contributed by atoms with E-state index < -0.39 is 0 Å². The van der Waals surface area contributed by atoms with Crippen LogP contribution in [0.5, 0.6) is 0 Å². The van der Waals surface area contributed by atoms with E-state index in [2.05, 4.69) is 38.8 Å². The fraction of sp³-hybridized carbons (Fsp3) is 0.231. The summed E-state index contributed by atoms with van der Waals surface area (Å²) in [4.78, 5) is 0. The molecular weight excluding hydrogens is 284 g/mol. The third-order valence-electron chi connectivity index (χ3n) is 2.63. The van der Waals surface area contributed by atoms with E-state index in [-0.39, 0.29) is 12.5 Å². The Bertz CT molecular complexity index is 439. The Morgan fingerprint density at radius 1 is 1.25 bits per heavy atom. The van der Waals surface area contributed by atoms with Gasteiger partial charge in [0.1, 0.15) is 0 Å². The van der Waals surface area contributed by atoms with E-state index in [9.17, 15) is 5.11 Å². The molecule has 0 amide bonds. The van der Waals surface area contributed by atoms with Gasteiger partial charge in [0, 0.05) is 10.4 Å². The molecule has 2 aromatic rings. The van der Waals surface area contributed by atoms with Gasteiger partial charge in [-0.3, -0.25) is 0 Å². The smallest absolute Gasteiger partial charge is 0.0503 e. The Morgan fingerprint density at radius 2 is 2.06 bits per heavy atom. The fourth-order valence-electron chi connectivity index (χ4n) is 1.77. The van der Waals surface area contributed by atoms with Crippen LogP contribution in [0.25, 0.3) is 0 Å². The van der Waals surface area contributed by atoms with Gasteiger partial charge >= 0.3 is 0 Å². The van der Waals surface area contributed by atoms with Crippen molar-refractivity contribution in [3.8, 4) is 0 Å². The molecule has 1 aromatic carbocycles. The van der Waals surface area contributed by atoms with Crippen molar-refractivity contribution in [1.82, 2.24) is 0 Å². The number of halogens is 1. The highest BCUT2D eigenvalue weighted by Crippen LogP contribution is 2.27. The minimum atomic E-state index is 0.171. The minimum absolute atomic E-state index is 0.171. The average Bonchev–Trinajstić information content (AvgIpc) is 2.80. The van der Waals surface area contributed by atoms with Crippen LogP contribution < -0.4 is 0 Å². The van der Waals surface area contributed by atoms with Gasteiger partial charge in [-0.15, -0.1) is 0 Å². The summed E-state index contributed by atoms with van der Waals surface area (Å²) >= 11 is 5.23. The Kier molecular flexibility index (Phi) is 4.16. The molecule has 0 fully saturated rings. The zero-order chi connectivity index (χ0) is 11.4. The van der Waals surface area contributed by atoms with Gasteiger partial charge in [0.05, 0.1) is 6.61 Å². The van der Waals surface area contributed by atoms with Crippen LogP contribution in [-0.2, 0) is 6.42 Å². The topological polar surface area (TPSA) is 20.2 Å². The molecule has 16 heavy (non-hydrogen) atoms. The monoisotopic (exact) mass is 296 g/mol. The first kappa shape index (κ1) is 11.8. The molecule has 0 saturated carbocycles. The molecule has 1 N–H and O–H groups in total. The molecule has 0 bridgehead atoms. The lowest BCUT2D eigenvalue weighted by Crippen LogP contribution is -2.07. The first-order valence-electron chi connectivity index (χ1n) is 5.17. The number of rotatable bonds is 4. The van der Waals surface area contributed by atoms with E-state index in [1.54, 1.807) is 11.3 Å². The first-order chi connectivity index (χ1) is 7.81. The summed E-state index contributed by atoms with van der Waals surface area (Å²) < 4.78 is 1.07. The second-order valence-corrected chi connectivity index (χ2v) is 5.37. The predicted molar refractivity (Wildman–Crippen MR) is 72.0 cm³/mol. The van der Waals surface area contributed by atoms with Crippen molar-refractivity contribution < 1.29 is 5.11 Å². The van der Waals surface area contributed by atoms with Crippen LogP contribution in [0.3, 0.4) is 0 Å². The molecule has 1 unspecified atom stereocenters. The second kappa shape index (κ2) is 5.62. The Morgan fingerprint density at radius 3 is 2.69 bits per heavy atom. The van der Waals surface area contributed by atoms with Crippen molar-refractivity contribution in [3.05, 3.63) is 56.7 Å². The van der Waals surface area contributed by atoms with Crippen molar-refractivity contribution in [2.45, 2.75) is 12.3 Å². The van der Waals surface area contributed by atoms with Crippen LogP contribution in [0.4, 0.5) is 0 Å². The van der Waals surface area contributed by atoms with Crippen LogP contribution in [0.2, 0.25) is 0 Å². The van der Waals surface area contributed by atoms with Crippen molar-refractivity contribution in [2.75, 3.05) is 6.61 Å². The van der Waals surface area contributed by atoms with Crippen LogP contribution in [0, 0.1) is 0 Å². The summed E-state index contributed by atoms with van der Waals surface area (Å²) in [7, 11) is 0. The number of benzene rings is 1. The quantitative estimate of drug-likeness (QED) is 0.909. The summed E-state index contributed by atoms with van der Waals surface area (Å²) in [6.45, 7) is 0.179. The average molecular weight is 297 g/mol. The van der Waals surface area contributed by atoms with Gasteiger partial charge in [-0.25, -0.2) is 0 Å². The van der Waals surface area contributed by atoms with E-state index in [0.717, 1.165) is 10.9 Å². The lowest BCUT2D eigenvalue weighted by molar-refractivity contribution is 0.264. The maximum absolute atomic E-state index is 9.49. The van der Waals surface area contributed by atoms with Crippen LogP contribution in [0.15, 0.2) is 45.6 Å². The molecule has 0 aliphatic carbocycles. The Hall–Kier alpha value is -0.640. The van der Waals surface area contributed by atoms with Gasteiger partial charge in [-0.1, -0.05) is 34.1 Å². The highest BCUT2D eigenvalue weighted by molar-refractivity contribution is 9.10. The lowest BCUT2D eigenvalue weighted by Gasteiger charge is -2.15. The number of hydrogen-bond donors (Lipinski definition) is 1. The van der Waals surface area contributed by atoms with Gasteiger partial charge in [0.2, 0.25) is 0 Å². The van der Waals surface area contributed by atoms with E-state index in [1.165, 1.54) is 11.1 Å². The molecule has 1 atom stereocenters. The third kappa shape index (κ3) is 2.73. The maximum atomic E-state index is 9.49. The summed E-state index contributed by atoms with van der Waals surface area (Å²) in [5.74, 6) is 0.171. The predicted octanol–water partition coefficient (Wildman–Crippen LogP) is 3.83. The van der Waals surface area contributed by atoms with Gasteiger partial charge in [0.15, 0.2) is 0 Å². The second-order valence-electron chi connectivity index (χ2n) is 3.74. The molecule has 0 radical (unpaired) electrons. The van der Waals surface area contributed by atoms with E-state index in [0.29, 0.717) is 0 Å². The van der Waals surface area contributed by atoms with E-state index in [1.807, 2.05) is 18.2 Å². The summed E-state index contributed by atoms with van der Waals surface area (Å²) in [6, 6.07) is 10.2.